The summed E-state index contributed by atoms with van der Waals surface area (Å²) in [6.45, 7) is 15.4. The van der Waals surface area contributed by atoms with Crippen LogP contribution in [0, 0.1) is 5.82 Å². The van der Waals surface area contributed by atoms with Gasteiger partial charge in [-0.25, -0.2) is 4.39 Å². The summed E-state index contributed by atoms with van der Waals surface area (Å²) in [5, 5.41) is 0.850. The molecule has 0 aromatic heterocycles. The van der Waals surface area contributed by atoms with Crippen LogP contribution >= 0.6 is 39.3 Å². The third-order valence-electron chi connectivity index (χ3n) is 9.14. The van der Waals surface area contributed by atoms with Crippen molar-refractivity contribution in [2.75, 3.05) is 29.5 Å². The maximum absolute atomic E-state index is 14.3. The first-order chi connectivity index (χ1) is 20.5. The van der Waals surface area contributed by atoms with Gasteiger partial charge in [0.1, 0.15) is 12.4 Å². The molecule has 0 spiro atoms. The Morgan fingerprint density at radius 2 is 1.72 bits per heavy atom. The maximum Gasteiger partial charge on any atom is 0.209 e. The number of halogens is 3. The quantitative estimate of drug-likeness (QED) is 0.243. The van der Waals surface area contributed by atoms with E-state index in [-0.39, 0.29) is 16.6 Å². The van der Waals surface area contributed by atoms with Crippen LogP contribution in [0.3, 0.4) is 0 Å². The molecule has 0 aliphatic carbocycles. The van der Waals surface area contributed by atoms with Crippen molar-refractivity contribution in [1.29, 1.82) is 0 Å². The SMILES string of the molecule is CCCCN1/C(=C/C=C2\CSCC(/C=C/C3=[N+](CCCC)c4ccc(Br)cc4C3(C)C)=C2Cl)C(C)(C)c2cc(F)ccc21. The average molecular weight is 683 g/mol. The lowest BCUT2D eigenvalue weighted by molar-refractivity contribution is -0.438. The van der Waals surface area contributed by atoms with Crippen molar-refractivity contribution in [3.8, 4) is 0 Å². The molecule has 3 heterocycles. The lowest BCUT2D eigenvalue weighted by atomic mass is 9.81. The third-order valence-corrected chi connectivity index (χ3v) is 11.2. The molecule has 3 aliphatic rings. The summed E-state index contributed by atoms with van der Waals surface area (Å²) in [6.07, 6.45) is 13.5. The molecule has 3 aliphatic heterocycles. The van der Waals surface area contributed by atoms with Crippen molar-refractivity contribution in [1.82, 2.24) is 0 Å². The number of benzene rings is 2. The number of thioether (sulfide) groups is 1. The number of fused-ring (bicyclic) bond motifs is 2. The molecular formula is C37H44BrClFN2S+. The molecule has 2 aromatic rings. The van der Waals surface area contributed by atoms with Gasteiger partial charge in [0.05, 0.1) is 5.41 Å². The Morgan fingerprint density at radius 1 is 0.953 bits per heavy atom. The predicted octanol–water partition coefficient (Wildman–Crippen LogP) is 11.0. The Morgan fingerprint density at radius 3 is 2.47 bits per heavy atom. The van der Waals surface area contributed by atoms with E-state index in [0.717, 1.165) is 82.2 Å². The van der Waals surface area contributed by atoms with Gasteiger partial charge in [0, 0.05) is 68.5 Å². The van der Waals surface area contributed by atoms with Crippen molar-refractivity contribution in [2.45, 2.75) is 78.1 Å². The first-order valence-electron chi connectivity index (χ1n) is 15.6. The van der Waals surface area contributed by atoms with Gasteiger partial charge in [0.15, 0.2) is 5.71 Å². The molecule has 0 saturated carbocycles. The highest BCUT2D eigenvalue weighted by molar-refractivity contribution is 9.10. The first kappa shape index (κ1) is 32.3. The van der Waals surface area contributed by atoms with E-state index in [9.17, 15) is 4.39 Å². The van der Waals surface area contributed by atoms with E-state index < -0.39 is 0 Å². The molecule has 228 valence electrons. The molecule has 0 fully saturated rings. The molecule has 6 heteroatoms. The molecule has 0 bridgehead atoms. The van der Waals surface area contributed by atoms with Gasteiger partial charge >= 0.3 is 0 Å². The van der Waals surface area contributed by atoms with E-state index in [2.05, 4.69) is 109 Å². The highest BCUT2D eigenvalue weighted by atomic mass is 79.9. The van der Waals surface area contributed by atoms with Crippen LogP contribution in [0.25, 0.3) is 0 Å². The fourth-order valence-corrected chi connectivity index (χ4v) is 8.42. The number of allylic oxidation sites excluding steroid dienone is 6. The van der Waals surface area contributed by atoms with Crippen molar-refractivity contribution >= 4 is 56.4 Å². The van der Waals surface area contributed by atoms with Crippen molar-refractivity contribution in [3.05, 3.63) is 104 Å². The van der Waals surface area contributed by atoms with Crippen molar-refractivity contribution in [3.63, 3.8) is 0 Å². The second-order valence-corrected chi connectivity index (χ2v) is 15.2. The predicted molar refractivity (Wildman–Crippen MR) is 189 cm³/mol. The zero-order valence-electron chi connectivity index (χ0n) is 26.4. The lowest BCUT2D eigenvalue weighted by Crippen LogP contribution is -2.28. The minimum absolute atomic E-state index is 0.105. The lowest BCUT2D eigenvalue weighted by Gasteiger charge is -2.27. The van der Waals surface area contributed by atoms with E-state index in [1.807, 2.05) is 17.8 Å². The molecule has 0 unspecified atom stereocenters. The molecule has 0 amide bonds. The minimum atomic E-state index is -0.292. The Kier molecular flexibility index (Phi) is 9.85. The molecule has 0 atom stereocenters. The summed E-state index contributed by atoms with van der Waals surface area (Å²) >= 11 is 12.7. The van der Waals surface area contributed by atoms with Crippen LogP contribution in [-0.2, 0) is 10.8 Å². The molecule has 0 N–H and O–H groups in total. The van der Waals surface area contributed by atoms with Crippen LogP contribution in [0.2, 0.25) is 0 Å². The van der Waals surface area contributed by atoms with Gasteiger partial charge in [-0.15, -0.1) is 0 Å². The van der Waals surface area contributed by atoms with Gasteiger partial charge in [0.25, 0.3) is 0 Å². The van der Waals surface area contributed by atoms with Crippen LogP contribution in [-0.4, -0.2) is 34.9 Å². The molecule has 0 saturated heterocycles. The molecular weight excluding hydrogens is 639 g/mol. The normalized spacial score (nSPS) is 21.1. The van der Waals surface area contributed by atoms with Gasteiger partial charge in [-0.1, -0.05) is 80.2 Å². The summed E-state index contributed by atoms with van der Waals surface area (Å²) in [7, 11) is 0. The summed E-state index contributed by atoms with van der Waals surface area (Å²) in [5.74, 6) is 1.59. The molecule has 2 aromatic carbocycles. The minimum Gasteiger partial charge on any atom is -0.344 e. The smallest absolute Gasteiger partial charge is 0.209 e. The van der Waals surface area contributed by atoms with Crippen LogP contribution in [0.4, 0.5) is 15.8 Å². The topological polar surface area (TPSA) is 6.25 Å². The number of unbranched alkanes of at least 4 members (excludes halogenated alkanes) is 2. The Bertz CT molecular complexity index is 1560. The average Bonchev–Trinajstić information content (AvgIpc) is 3.31. The molecule has 5 rings (SSSR count). The number of hydrogen-bond acceptors (Lipinski definition) is 2. The number of nitrogens with zero attached hydrogens (tertiary/aromatic N) is 2. The van der Waals surface area contributed by atoms with Crippen molar-refractivity contribution in [2.24, 2.45) is 0 Å². The van der Waals surface area contributed by atoms with Crippen molar-refractivity contribution < 1.29 is 8.97 Å². The first-order valence-corrected chi connectivity index (χ1v) is 17.9. The Hall–Kier alpha value is -2.08. The highest BCUT2D eigenvalue weighted by Gasteiger charge is 2.44. The van der Waals surface area contributed by atoms with Crippen LogP contribution in [0.5, 0.6) is 0 Å². The van der Waals surface area contributed by atoms with Crippen LogP contribution in [0.15, 0.2) is 87.1 Å². The Balaban J connectivity index is 1.50. The van der Waals surface area contributed by atoms with Crippen LogP contribution in [0.1, 0.15) is 78.4 Å². The zero-order valence-corrected chi connectivity index (χ0v) is 29.5. The maximum atomic E-state index is 14.3. The fraction of sp³-hybridized carbons (Fsp3) is 0.432. The molecule has 2 nitrogen and oxygen atoms in total. The molecule has 0 radical (unpaired) electrons. The second-order valence-electron chi connectivity index (χ2n) is 12.9. The molecule has 43 heavy (non-hydrogen) atoms. The number of anilines is 1. The van der Waals surface area contributed by atoms with E-state index in [0.29, 0.717) is 0 Å². The van der Waals surface area contributed by atoms with E-state index in [4.69, 9.17) is 11.6 Å². The Labute approximate surface area is 275 Å². The van der Waals surface area contributed by atoms with Gasteiger partial charge in [-0.3, -0.25) is 0 Å². The standard InChI is InChI=1S/C37H44BrClFN2S/c1-7-9-19-41-31-15-13-27(38)21-29(31)36(3,4)33(41)17-11-25-23-43-24-26(35(25)39)12-18-34-37(5,6)30-22-28(40)14-16-32(30)42(34)20-10-8-2/h11-18,21-22H,7-10,19-20,23-24H2,1-6H3/q+1. The summed E-state index contributed by atoms with van der Waals surface area (Å²) in [5.41, 5.74) is 9.25. The van der Waals surface area contributed by atoms with Gasteiger partial charge in [0.2, 0.25) is 5.69 Å². The summed E-state index contributed by atoms with van der Waals surface area (Å²) in [4.78, 5) is 2.38. The monoisotopic (exact) mass is 681 g/mol. The van der Waals surface area contributed by atoms with Gasteiger partial charge < -0.3 is 4.90 Å². The van der Waals surface area contributed by atoms with E-state index in [1.54, 1.807) is 12.1 Å². The van der Waals surface area contributed by atoms with Crippen LogP contribution < -0.4 is 4.90 Å². The highest BCUT2D eigenvalue weighted by Crippen LogP contribution is 2.48. The fourth-order valence-electron chi connectivity index (χ4n) is 6.62. The largest absolute Gasteiger partial charge is 0.344 e. The number of rotatable bonds is 9. The zero-order chi connectivity index (χ0) is 30.9. The second kappa shape index (κ2) is 13.1. The number of hydrogen-bond donors (Lipinski definition) is 0. The third kappa shape index (κ3) is 6.24. The van der Waals surface area contributed by atoms with E-state index in [1.165, 1.54) is 22.7 Å². The van der Waals surface area contributed by atoms with E-state index >= 15 is 0 Å². The van der Waals surface area contributed by atoms with Gasteiger partial charge in [-0.2, -0.15) is 16.3 Å². The summed E-state index contributed by atoms with van der Waals surface area (Å²) in [6, 6.07) is 11.9. The van der Waals surface area contributed by atoms with Gasteiger partial charge in [-0.05, 0) is 73.4 Å². The summed E-state index contributed by atoms with van der Waals surface area (Å²) < 4.78 is 17.9.